The van der Waals surface area contributed by atoms with Crippen molar-refractivity contribution in [1.82, 2.24) is 10.9 Å². The second-order valence-electron chi connectivity index (χ2n) is 4.46. The Labute approximate surface area is 118 Å². The quantitative estimate of drug-likeness (QED) is 0.821. The number of nitrogens with one attached hydrogen (secondary N) is 2. The van der Waals surface area contributed by atoms with E-state index in [0.717, 1.165) is 11.3 Å². The topological polar surface area (TPSA) is 50.4 Å². The summed E-state index contributed by atoms with van der Waals surface area (Å²) in [6, 6.07) is 16.8. The molecule has 0 bridgehead atoms. The van der Waals surface area contributed by atoms with Gasteiger partial charge >= 0.3 is 0 Å². The van der Waals surface area contributed by atoms with E-state index in [4.69, 9.17) is 4.74 Å². The predicted octanol–water partition coefficient (Wildman–Crippen LogP) is 2.69. The van der Waals surface area contributed by atoms with E-state index >= 15 is 0 Å². The van der Waals surface area contributed by atoms with Crippen molar-refractivity contribution >= 4 is 5.91 Å². The predicted molar refractivity (Wildman–Crippen MR) is 78.5 cm³/mol. The standard InChI is InChI=1S/C16H18N2O2/c1-12(14-9-6-10-15(11-14)20-2)17-18-16(19)13-7-4-3-5-8-13/h3-12,17H,1-2H3,(H,18,19)/t12-/m1/s1. The number of carbonyl (C=O) groups is 1. The zero-order valence-electron chi connectivity index (χ0n) is 11.6. The largest absolute Gasteiger partial charge is 0.497 e. The van der Waals surface area contributed by atoms with Crippen LogP contribution in [0.25, 0.3) is 0 Å². The smallest absolute Gasteiger partial charge is 0.265 e. The lowest BCUT2D eigenvalue weighted by molar-refractivity contribution is 0.0926. The lowest BCUT2D eigenvalue weighted by Gasteiger charge is -2.16. The lowest BCUT2D eigenvalue weighted by atomic mass is 10.1. The van der Waals surface area contributed by atoms with Gasteiger partial charge in [-0.1, -0.05) is 30.3 Å². The van der Waals surface area contributed by atoms with Crippen LogP contribution in [-0.2, 0) is 0 Å². The highest BCUT2D eigenvalue weighted by Gasteiger charge is 2.08. The summed E-state index contributed by atoms with van der Waals surface area (Å²) in [6.45, 7) is 1.97. The number of hydrazine groups is 1. The molecule has 2 aromatic rings. The molecule has 2 rings (SSSR count). The highest BCUT2D eigenvalue weighted by molar-refractivity contribution is 5.93. The van der Waals surface area contributed by atoms with E-state index < -0.39 is 0 Å². The van der Waals surface area contributed by atoms with Crippen molar-refractivity contribution in [3.63, 3.8) is 0 Å². The summed E-state index contributed by atoms with van der Waals surface area (Å²) in [4.78, 5) is 11.9. The fraction of sp³-hybridized carbons (Fsp3) is 0.188. The number of carbonyl (C=O) groups excluding carboxylic acids is 1. The van der Waals surface area contributed by atoms with E-state index in [1.165, 1.54) is 0 Å². The molecule has 4 nitrogen and oxygen atoms in total. The second-order valence-corrected chi connectivity index (χ2v) is 4.46. The number of hydrogen-bond acceptors (Lipinski definition) is 3. The zero-order chi connectivity index (χ0) is 14.4. The minimum Gasteiger partial charge on any atom is -0.497 e. The van der Waals surface area contributed by atoms with Gasteiger partial charge in [-0.2, -0.15) is 0 Å². The Morgan fingerprint density at radius 3 is 2.55 bits per heavy atom. The maximum atomic E-state index is 11.9. The Bertz CT molecular complexity index is 570. The van der Waals surface area contributed by atoms with Crippen LogP contribution in [0.4, 0.5) is 0 Å². The van der Waals surface area contributed by atoms with Crippen molar-refractivity contribution in [3.8, 4) is 5.75 Å². The van der Waals surface area contributed by atoms with E-state index in [0.29, 0.717) is 5.56 Å². The molecule has 0 radical (unpaired) electrons. The van der Waals surface area contributed by atoms with E-state index in [-0.39, 0.29) is 11.9 Å². The van der Waals surface area contributed by atoms with Gasteiger partial charge in [-0.25, -0.2) is 5.43 Å². The van der Waals surface area contributed by atoms with Crippen molar-refractivity contribution in [3.05, 3.63) is 65.7 Å². The Balaban J connectivity index is 1.95. The third-order valence-electron chi connectivity index (χ3n) is 3.03. The van der Waals surface area contributed by atoms with E-state index in [1.54, 1.807) is 19.2 Å². The Hall–Kier alpha value is -2.33. The van der Waals surface area contributed by atoms with Crippen LogP contribution < -0.4 is 15.6 Å². The van der Waals surface area contributed by atoms with Gasteiger partial charge in [0.05, 0.1) is 7.11 Å². The molecule has 20 heavy (non-hydrogen) atoms. The lowest BCUT2D eigenvalue weighted by Crippen LogP contribution is -2.39. The van der Waals surface area contributed by atoms with Crippen LogP contribution in [0.3, 0.4) is 0 Å². The van der Waals surface area contributed by atoms with Gasteiger partial charge in [0, 0.05) is 11.6 Å². The van der Waals surface area contributed by atoms with Gasteiger partial charge in [0.2, 0.25) is 0 Å². The minimum absolute atomic E-state index is 0.0160. The number of ether oxygens (including phenoxy) is 1. The molecule has 104 valence electrons. The maximum absolute atomic E-state index is 11.9. The normalized spacial score (nSPS) is 11.7. The van der Waals surface area contributed by atoms with E-state index in [2.05, 4.69) is 10.9 Å². The number of rotatable bonds is 5. The average molecular weight is 270 g/mol. The van der Waals surface area contributed by atoms with Crippen molar-refractivity contribution in [2.45, 2.75) is 13.0 Å². The Morgan fingerprint density at radius 1 is 1.10 bits per heavy atom. The third kappa shape index (κ3) is 3.59. The van der Waals surface area contributed by atoms with Crippen molar-refractivity contribution in [2.24, 2.45) is 0 Å². The average Bonchev–Trinajstić information content (AvgIpc) is 2.53. The van der Waals surface area contributed by atoms with Gasteiger partial charge in [0.15, 0.2) is 0 Å². The fourth-order valence-corrected chi connectivity index (χ4v) is 1.83. The van der Waals surface area contributed by atoms with Gasteiger partial charge in [0.25, 0.3) is 5.91 Å². The highest BCUT2D eigenvalue weighted by atomic mass is 16.5. The van der Waals surface area contributed by atoms with Crippen LogP contribution >= 0.6 is 0 Å². The molecule has 2 aromatic carbocycles. The summed E-state index contributed by atoms with van der Waals surface area (Å²) >= 11 is 0. The molecule has 0 aliphatic heterocycles. The maximum Gasteiger partial charge on any atom is 0.265 e. The van der Waals surface area contributed by atoms with Crippen molar-refractivity contribution in [1.29, 1.82) is 0 Å². The summed E-state index contributed by atoms with van der Waals surface area (Å²) in [5.74, 6) is 0.644. The summed E-state index contributed by atoms with van der Waals surface area (Å²) in [5.41, 5.74) is 7.36. The Morgan fingerprint density at radius 2 is 1.85 bits per heavy atom. The molecule has 0 aliphatic carbocycles. The van der Waals surface area contributed by atoms with E-state index in [9.17, 15) is 4.79 Å². The molecule has 1 atom stereocenters. The molecule has 0 aliphatic rings. The summed E-state index contributed by atoms with van der Waals surface area (Å²) in [7, 11) is 1.63. The summed E-state index contributed by atoms with van der Waals surface area (Å²) < 4.78 is 5.18. The van der Waals surface area contributed by atoms with Crippen LogP contribution in [0.15, 0.2) is 54.6 Å². The van der Waals surface area contributed by atoms with Crippen LogP contribution in [0, 0.1) is 0 Å². The number of hydrogen-bond donors (Lipinski definition) is 2. The third-order valence-corrected chi connectivity index (χ3v) is 3.03. The molecular formula is C16H18N2O2. The molecule has 0 saturated heterocycles. The first-order valence-electron chi connectivity index (χ1n) is 6.45. The molecule has 4 heteroatoms. The SMILES string of the molecule is COc1cccc([C@@H](C)NNC(=O)c2ccccc2)c1. The first-order chi connectivity index (χ1) is 9.70. The number of benzene rings is 2. The van der Waals surface area contributed by atoms with Gasteiger partial charge in [-0.15, -0.1) is 0 Å². The first kappa shape index (κ1) is 14.1. The second kappa shape index (κ2) is 6.73. The molecule has 0 aromatic heterocycles. The van der Waals surface area contributed by atoms with Crippen LogP contribution in [-0.4, -0.2) is 13.0 Å². The summed E-state index contributed by atoms with van der Waals surface area (Å²) in [6.07, 6.45) is 0. The van der Waals surface area contributed by atoms with Gasteiger partial charge in [-0.3, -0.25) is 10.2 Å². The Kier molecular flexibility index (Phi) is 4.74. The van der Waals surface area contributed by atoms with Gasteiger partial charge < -0.3 is 4.74 Å². The fourth-order valence-electron chi connectivity index (χ4n) is 1.83. The zero-order valence-corrected chi connectivity index (χ0v) is 11.6. The molecular weight excluding hydrogens is 252 g/mol. The molecule has 2 N–H and O–H groups in total. The first-order valence-corrected chi connectivity index (χ1v) is 6.45. The van der Waals surface area contributed by atoms with Crippen LogP contribution in [0.1, 0.15) is 28.9 Å². The van der Waals surface area contributed by atoms with Gasteiger partial charge in [-0.05, 0) is 36.8 Å². The van der Waals surface area contributed by atoms with Gasteiger partial charge in [0.1, 0.15) is 5.75 Å². The van der Waals surface area contributed by atoms with E-state index in [1.807, 2.05) is 49.4 Å². The molecule has 1 amide bonds. The molecule has 0 unspecified atom stereocenters. The number of amides is 1. The number of methoxy groups -OCH3 is 1. The van der Waals surface area contributed by atoms with Crippen molar-refractivity contribution in [2.75, 3.05) is 7.11 Å². The molecule has 0 fully saturated rings. The van der Waals surface area contributed by atoms with Crippen LogP contribution in [0.2, 0.25) is 0 Å². The molecule has 0 heterocycles. The molecule has 0 spiro atoms. The van der Waals surface area contributed by atoms with Crippen molar-refractivity contribution < 1.29 is 9.53 Å². The minimum atomic E-state index is -0.152. The van der Waals surface area contributed by atoms with Crippen LogP contribution in [0.5, 0.6) is 5.75 Å². The molecule has 0 saturated carbocycles. The summed E-state index contributed by atoms with van der Waals surface area (Å²) in [5, 5.41) is 0. The highest BCUT2D eigenvalue weighted by Crippen LogP contribution is 2.18. The monoisotopic (exact) mass is 270 g/mol.